The van der Waals surface area contributed by atoms with Gasteiger partial charge in [-0.1, -0.05) is 6.07 Å². The first-order valence-electron chi connectivity index (χ1n) is 9.16. The van der Waals surface area contributed by atoms with Gasteiger partial charge in [0.2, 0.25) is 17.7 Å². The maximum Gasteiger partial charge on any atom is 0.328 e. The molecule has 0 bridgehead atoms. The van der Waals surface area contributed by atoms with Crippen LogP contribution in [0.1, 0.15) is 47.4 Å². The highest BCUT2D eigenvalue weighted by Gasteiger charge is 2.45. The summed E-state index contributed by atoms with van der Waals surface area (Å²) in [5.41, 5.74) is -1.20. The molecule has 1 atom stereocenters. The average molecular weight is 416 g/mol. The molecule has 1 unspecified atom stereocenters. The van der Waals surface area contributed by atoms with E-state index >= 15 is 0 Å². The molecule has 11 heteroatoms. The summed E-state index contributed by atoms with van der Waals surface area (Å²) in [7, 11) is 0. The summed E-state index contributed by atoms with van der Waals surface area (Å²) < 4.78 is 0. The SMILES string of the molecule is CC(C)(NC(=O)CNc1cccc2c1C(=O)N(C1CCC(=O)NC1=O)C2=O)C(=O)O. The number of carbonyl (C=O) groups excluding carboxylic acids is 5. The summed E-state index contributed by atoms with van der Waals surface area (Å²) in [4.78, 5) is 73.2. The van der Waals surface area contributed by atoms with E-state index in [0.29, 0.717) is 0 Å². The highest BCUT2D eigenvalue weighted by Crippen LogP contribution is 2.32. The van der Waals surface area contributed by atoms with E-state index in [2.05, 4.69) is 16.0 Å². The van der Waals surface area contributed by atoms with Crippen molar-refractivity contribution in [2.75, 3.05) is 11.9 Å². The smallest absolute Gasteiger partial charge is 0.328 e. The van der Waals surface area contributed by atoms with Crippen LogP contribution in [0.15, 0.2) is 18.2 Å². The number of anilines is 1. The Labute approximate surface area is 170 Å². The van der Waals surface area contributed by atoms with Crippen LogP contribution in [-0.4, -0.2) is 63.6 Å². The molecule has 1 saturated heterocycles. The lowest BCUT2D eigenvalue weighted by atomic mass is 10.0. The van der Waals surface area contributed by atoms with Crippen molar-refractivity contribution in [2.45, 2.75) is 38.3 Å². The molecule has 1 aromatic carbocycles. The number of aliphatic carboxylic acids is 1. The maximum absolute atomic E-state index is 12.9. The van der Waals surface area contributed by atoms with Crippen molar-refractivity contribution >= 4 is 41.2 Å². The summed E-state index contributed by atoms with van der Waals surface area (Å²) in [6.45, 7) is 2.31. The van der Waals surface area contributed by atoms with Gasteiger partial charge in [0, 0.05) is 12.1 Å². The summed E-state index contributed by atoms with van der Waals surface area (Å²) in [6, 6.07) is 3.34. The van der Waals surface area contributed by atoms with Crippen molar-refractivity contribution in [3.8, 4) is 0 Å². The highest BCUT2D eigenvalue weighted by molar-refractivity contribution is 6.25. The molecule has 158 valence electrons. The lowest BCUT2D eigenvalue weighted by Crippen LogP contribution is -2.54. The lowest BCUT2D eigenvalue weighted by Gasteiger charge is -2.27. The molecular weight excluding hydrogens is 396 g/mol. The summed E-state index contributed by atoms with van der Waals surface area (Å²) in [6.07, 6.45) is 0.0417. The van der Waals surface area contributed by atoms with Gasteiger partial charge in [-0.25, -0.2) is 4.79 Å². The van der Waals surface area contributed by atoms with Crippen molar-refractivity contribution < 1.29 is 33.9 Å². The number of rotatable bonds is 6. The highest BCUT2D eigenvalue weighted by atomic mass is 16.4. The maximum atomic E-state index is 12.9. The normalized spacial score (nSPS) is 18.7. The van der Waals surface area contributed by atoms with Gasteiger partial charge in [0.05, 0.1) is 17.7 Å². The van der Waals surface area contributed by atoms with Crippen molar-refractivity contribution in [2.24, 2.45) is 0 Å². The van der Waals surface area contributed by atoms with Crippen LogP contribution in [0.25, 0.3) is 0 Å². The van der Waals surface area contributed by atoms with E-state index in [1.165, 1.54) is 32.0 Å². The van der Waals surface area contributed by atoms with Crippen LogP contribution in [0.2, 0.25) is 0 Å². The number of nitrogens with one attached hydrogen (secondary N) is 3. The standard InChI is InChI=1S/C19H20N4O7/c1-19(2,18(29)30)22-13(25)8-20-10-5-3-4-9-14(10)17(28)23(16(9)27)11-6-7-12(24)21-15(11)26/h3-5,11,20H,6-8H2,1-2H3,(H,22,25)(H,29,30)(H,21,24,26). The first kappa shape index (κ1) is 21.0. The zero-order valence-corrected chi connectivity index (χ0v) is 16.3. The summed E-state index contributed by atoms with van der Waals surface area (Å²) in [5.74, 6) is -4.39. The number of amides is 5. The van der Waals surface area contributed by atoms with Gasteiger partial charge in [0.1, 0.15) is 11.6 Å². The zero-order valence-electron chi connectivity index (χ0n) is 16.3. The third kappa shape index (κ3) is 3.73. The van der Waals surface area contributed by atoms with Crippen LogP contribution >= 0.6 is 0 Å². The van der Waals surface area contributed by atoms with E-state index in [4.69, 9.17) is 5.11 Å². The molecule has 30 heavy (non-hydrogen) atoms. The fraction of sp³-hybridized carbons (Fsp3) is 0.368. The Balaban J connectivity index is 1.78. The second-order valence-corrected chi connectivity index (χ2v) is 7.51. The number of carboxylic acid groups (broad SMARTS) is 1. The van der Waals surface area contributed by atoms with Crippen LogP contribution in [-0.2, 0) is 19.2 Å². The van der Waals surface area contributed by atoms with Gasteiger partial charge in [0.25, 0.3) is 11.8 Å². The molecule has 1 aromatic rings. The largest absolute Gasteiger partial charge is 0.480 e. The van der Waals surface area contributed by atoms with E-state index in [1.807, 2.05) is 0 Å². The van der Waals surface area contributed by atoms with Crippen LogP contribution in [0.3, 0.4) is 0 Å². The molecule has 0 saturated carbocycles. The van der Waals surface area contributed by atoms with Crippen LogP contribution < -0.4 is 16.0 Å². The predicted molar refractivity (Wildman–Crippen MR) is 101 cm³/mol. The van der Waals surface area contributed by atoms with Crippen molar-refractivity contribution in [3.05, 3.63) is 29.3 Å². The molecule has 3 rings (SSSR count). The quantitative estimate of drug-likeness (QED) is 0.450. The predicted octanol–water partition coefficient (Wildman–Crippen LogP) is -0.521. The van der Waals surface area contributed by atoms with Crippen molar-refractivity contribution in [1.82, 2.24) is 15.5 Å². The minimum absolute atomic E-state index is 0.00839. The van der Waals surface area contributed by atoms with E-state index in [-0.39, 0.29) is 36.2 Å². The molecule has 2 aliphatic rings. The number of carboxylic acids is 1. The first-order chi connectivity index (χ1) is 14.0. The third-order valence-corrected chi connectivity index (χ3v) is 4.89. The summed E-state index contributed by atoms with van der Waals surface area (Å²) >= 11 is 0. The Morgan fingerprint density at radius 3 is 2.53 bits per heavy atom. The van der Waals surface area contributed by atoms with E-state index in [0.717, 1.165) is 4.90 Å². The molecular formula is C19H20N4O7. The van der Waals surface area contributed by atoms with Crippen molar-refractivity contribution in [1.29, 1.82) is 0 Å². The van der Waals surface area contributed by atoms with Crippen LogP contribution in [0.4, 0.5) is 5.69 Å². The van der Waals surface area contributed by atoms with E-state index in [9.17, 15) is 28.8 Å². The molecule has 0 aliphatic carbocycles. The number of benzene rings is 1. The number of carbonyl (C=O) groups is 6. The van der Waals surface area contributed by atoms with E-state index in [1.54, 1.807) is 0 Å². The first-order valence-corrected chi connectivity index (χ1v) is 9.16. The number of fused-ring (bicyclic) bond motifs is 1. The number of imide groups is 2. The second kappa shape index (κ2) is 7.58. The molecule has 0 spiro atoms. The van der Waals surface area contributed by atoms with Crippen molar-refractivity contribution in [3.63, 3.8) is 0 Å². The van der Waals surface area contributed by atoms with Gasteiger partial charge in [-0.15, -0.1) is 0 Å². The van der Waals surface area contributed by atoms with Gasteiger partial charge < -0.3 is 15.7 Å². The molecule has 0 aromatic heterocycles. The monoisotopic (exact) mass is 416 g/mol. The van der Waals surface area contributed by atoms with Crippen LogP contribution in [0, 0.1) is 0 Å². The topological polar surface area (TPSA) is 162 Å². The van der Waals surface area contributed by atoms with Gasteiger partial charge in [-0.2, -0.15) is 0 Å². The minimum Gasteiger partial charge on any atom is -0.480 e. The number of hydrogen-bond acceptors (Lipinski definition) is 7. The number of nitrogens with zero attached hydrogens (tertiary/aromatic N) is 1. The van der Waals surface area contributed by atoms with E-state index < -0.39 is 47.1 Å². The Morgan fingerprint density at radius 1 is 1.20 bits per heavy atom. The summed E-state index contributed by atoms with van der Waals surface area (Å²) in [5, 5.41) is 16.3. The molecule has 11 nitrogen and oxygen atoms in total. The minimum atomic E-state index is -1.48. The number of piperidine rings is 1. The fourth-order valence-electron chi connectivity index (χ4n) is 3.28. The lowest BCUT2D eigenvalue weighted by molar-refractivity contribution is -0.145. The third-order valence-electron chi connectivity index (χ3n) is 4.89. The molecule has 1 fully saturated rings. The Hall–Kier alpha value is -3.76. The van der Waals surface area contributed by atoms with Gasteiger partial charge in [0.15, 0.2) is 0 Å². The fourth-order valence-corrected chi connectivity index (χ4v) is 3.28. The molecule has 2 aliphatic heterocycles. The molecule has 0 radical (unpaired) electrons. The van der Waals surface area contributed by atoms with Gasteiger partial charge in [-0.3, -0.25) is 34.2 Å². The Bertz CT molecular complexity index is 985. The Morgan fingerprint density at radius 2 is 1.90 bits per heavy atom. The zero-order chi connectivity index (χ0) is 22.2. The molecule has 5 amide bonds. The van der Waals surface area contributed by atoms with Crippen LogP contribution in [0.5, 0.6) is 0 Å². The number of hydrogen-bond donors (Lipinski definition) is 4. The Kier molecular flexibility index (Phi) is 5.29. The molecule has 2 heterocycles. The van der Waals surface area contributed by atoms with Gasteiger partial charge >= 0.3 is 5.97 Å². The molecule has 4 N–H and O–H groups in total. The van der Waals surface area contributed by atoms with Gasteiger partial charge in [-0.05, 0) is 32.4 Å². The second-order valence-electron chi connectivity index (χ2n) is 7.51. The average Bonchev–Trinajstić information content (AvgIpc) is 2.91.